The van der Waals surface area contributed by atoms with Gasteiger partial charge in [0.2, 0.25) is 0 Å². The Morgan fingerprint density at radius 1 is 1.36 bits per heavy atom. The second kappa shape index (κ2) is 9.96. The Bertz CT molecular complexity index is 472. The summed E-state index contributed by atoms with van der Waals surface area (Å²) >= 11 is 5.68. The van der Waals surface area contributed by atoms with E-state index < -0.39 is 5.82 Å². The van der Waals surface area contributed by atoms with Gasteiger partial charge in [-0.25, -0.2) is 4.39 Å². The molecule has 1 atom stereocenters. The average Bonchev–Trinajstić information content (AvgIpc) is 3.02. The summed E-state index contributed by atoms with van der Waals surface area (Å²) < 4.78 is 13.5. The summed E-state index contributed by atoms with van der Waals surface area (Å²) in [5, 5.41) is 3.46. The van der Waals surface area contributed by atoms with Crippen molar-refractivity contribution in [2.24, 2.45) is 5.92 Å². The van der Waals surface area contributed by atoms with E-state index >= 15 is 0 Å². The molecule has 1 N–H and O–H groups in total. The van der Waals surface area contributed by atoms with E-state index in [1.807, 2.05) is 13.8 Å². The van der Waals surface area contributed by atoms with Gasteiger partial charge in [0.1, 0.15) is 11.6 Å². The molecule has 1 fully saturated rings. The fraction of sp³-hybridized carbons (Fsp3) is 0.611. The summed E-state index contributed by atoms with van der Waals surface area (Å²) in [5.74, 6) is 0.00425. The molecule has 1 unspecified atom stereocenters. The quantitative estimate of drug-likeness (QED) is 0.800. The molecule has 2 nitrogen and oxygen atoms in total. The van der Waals surface area contributed by atoms with Crippen LogP contribution in [-0.2, 0) is 4.79 Å². The molecule has 0 radical (unpaired) electrons. The van der Waals surface area contributed by atoms with E-state index in [2.05, 4.69) is 5.32 Å². The normalized spacial score (nSPS) is 16.0. The van der Waals surface area contributed by atoms with Crippen molar-refractivity contribution in [3.05, 3.63) is 34.6 Å². The highest BCUT2D eigenvalue weighted by Gasteiger charge is 2.19. The van der Waals surface area contributed by atoms with Crippen molar-refractivity contribution < 1.29 is 9.18 Å². The zero-order chi connectivity index (χ0) is 16.5. The van der Waals surface area contributed by atoms with E-state index in [9.17, 15) is 9.18 Å². The van der Waals surface area contributed by atoms with Gasteiger partial charge >= 0.3 is 0 Å². The summed E-state index contributed by atoms with van der Waals surface area (Å²) in [7, 11) is 0. The van der Waals surface area contributed by atoms with Crippen LogP contribution in [0.25, 0.3) is 0 Å². The van der Waals surface area contributed by atoms with Crippen molar-refractivity contribution in [2.45, 2.75) is 52.4 Å². The third kappa shape index (κ3) is 5.69. The van der Waals surface area contributed by atoms with Crippen molar-refractivity contribution in [3.8, 4) is 0 Å². The van der Waals surface area contributed by atoms with Crippen molar-refractivity contribution >= 4 is 17.4 Å². The Morgan fingerprint density at radius 2 is 2.00 bits per heavy atom. The topological polar surface area (TPSA) is 29.1 Å². The van der Waals surface area contributed by atoms with Crippen LogP contribution in [0.5, 0.6) is 0 Å². The number of carbonyl (C=O) groups excluding carboxylic acids is 1. The summed E-state index contributed by atoms with van der Waals surface area (Å²) in [6.07, 6.45) is 5.16. The molecule has 0 aliphatic heterocycles. The number of carbonyl (C=O) groups is 1. The second-order valence-corrected chi connectivity index (χ2v) is 6.05. The van der Waals surface area contributed by atoms with Crippen LogP contribution in [-0.4, -0.2) is 18.9 Å². The number of benzene rings is 1. The molecule has 1 aromatic carbocycles. The Morgan fingerprint density at radius 3 is 2.55 bits per heavy atom. The highest BCUT2D eigenvalue weighted by molar-refractivity contribution is 6.30. The molecule has 22 heavy (non-hydrogen) atoms. The molecule has 1 aromatic rings. The maximum Gasteiger partial charge on any atom is 0.142 e. The number of ketones is 1. The van der Waals surface area contributed by atoms with Crippen LogP contribution in [0.4, 0.5) is 4.39 Å². The number of hydrogen-bond acceptors (Lipinski definition) is 2. The number of hydrogen-bond donors (Lipinski definition) is 1. The molecule has 0 amide bonds. The van der Waals surface area contributed by atoms with Gasteiger partial charge in [-0.05, 0) is 49.9 Å². The maximum absolute atomic E-state index is 13.5. The standard InChI is InChI=1S/C16H21ClFNO.C2H6/c1-11(20)14(10-19-9-12-4-2-3-5-12)13-6-7-15(17)16(18)8-13;1-2/h6-8,12,14,19H,2-5,9-10H2,1H3;1-2H3. The number of halogens is 2. The van der Waals surface area contributed by atoms with Gasteiger partial charge in [0, 0.05) is 6.54 Å². The Hall–Kier alpha value is -0.930. The predicted molar refractivity (Wildman–Crippen MR) is 91.0 cm³/mol. The van der Waals surface area contributed by atoms with Crippen LogP contribution in [0.15, 0.2) is 18.2 Å². The first-order chi connectivity index (χ1) is 10.6. The first-order valence-electron chi connectivity index (χ1n) is 8.24. The molecule has 0 heterocycles. The highest BCUT2D eigenvalue weighted by Crippen LogP contribution is 2.25. The van der Waals surface area contributed by atoms with Crippen molar-refractivity contribution in [3.63, 3.8) is 0 Å². The van der Waals surface area contributed by atoms with Crippen LogP contribution in [0.3, 0.4) is 0 Å². The minimum Gasteiger partial charge on any atom is -0.315 e. The largest absolute Gasteiger partial charge is 0.315 e. The smallest absolute Gasteiger partial charge is 0.142 e. The SMILES string of the molecule is CC.CC(=O)C(CNCC1CCCC1)c1ccc(Cl)c(F)c1. The lowest BCUT2D eigenvalue weighted by molar-refractivity contribution is -0.118. The van der Waals surface area contributed by atoms with Gasteiger partial charge in [0.15, 0.2) is 0 Å². The molecule has 1 saturated carbocycles. The highest BCUT2D eigenvalue weighted by atomic mass is 35.5. The van der Waals surface area contributed by atoms with E-state index in [-0.39, 0.29) is 16.7 Å². The molecule has 124 valence electrons. The maximum atomic E-state index is 13.5. The molecular formula is C18H27ClFNO. The lowest BCUT2D eigenvalue weighted by Crippen LogP contribution is -2.29. The van der Waals surface area contributed by atoms with Crippen LogP contribution >= 0.6 is 11.6 Å². The predicted octanol–water partition coefficient (Wildman–Crippen LogP) is 4.96. The Balaban J connectivity index is 0.00000116. The molecule has 0 bridgehead atoms. The molecule has 4 heteroatoms. The van der Waals surface area contributed by atoms with Gasteiger partial charge in [-0.1, -0.05) is 44.4 Å². The molecule has 0 aromatic heterocycles. The van der Waals surface area contributed by atoms with Gasteiger partial charge in [-0.2, -0.15) is 0 Å². The minimum atomic E-state index is -0.466. The number of nitrogens with one attached hydrogen (secondary N) is 1. The van der Waals surface area contributed by atoms with E-state index in [0.29, 0.717) is 12.1 Å². The molecular weight excluding hydrogens is 301 g/mol. The van der Waals surface area contributed by atoms with Gasteiger partial charge in [0.05, 0.1) is 10.9 Å². The van der Waals surface area contributed by atoms with E-state index in [0.717, 1.165) is 12.5 Å². The molecule has 2 rings (SSSR count). The van der Waals surface area contributed by atoms with Crippen LogP contribution in [0, 0.1) is 11.7 Å². The third-order valence-electron chi connectivity index (χ3n) is 4.09. The van der Waals surface area contributed by atoms with Gasteiger partial charge < -0.3 is 5.32 Å². The first kappa shape index (κ1) is 19.1. The van der Waals surface area contributed by atoms with E-state index in [4.69, 9.17) is 11.6 Å². The molecule has 1 aliphatic carbocycles. The van der Waals surface area contributed by atoms with E-state index in [1.165, 1.54) is 37.8 Å². The van der Waals surface area contributed by atoms with Crippen LogP contribution in [0.2, 0.25) is 5.02 Å². The Labute approximate surface area is 138 Å². The van der Waals surface area contributed by atoms with Crippen LogP contribution < -0.4 is 5.32 Å². The van der Waals surface area contributed by atoms with Gasteiger partial charge in [-0.3, -0.25) is 4.79 Å². The minimum absolute atomic E-state index is 0.0469. The fourth-order valence-electron chi connectivity index (χ4n) is 2.87. The second-order valence-electron chi connectivity index (χ2n) is 5.65. The van der Waals surface area contributed by atoms with Crippen molar-refractivity contribution in [2.75, 3.05) is 13.1 Å². The third-order valence-corrected chi connectivity index (χ3v) is 4.40. The number of Topliss-reactive ketones (excluding diaryl/α,β-unsaturated/α-hetero) is 1. The van der Waals surface area contributed by atoms with Crippen LogP contribution in [0.1, 0.15) is 57.9 Å². The number of rotatable bonds is 6. The van der Waals surface area contributed by atoms with Crippen molar-refractivity contribution in [1.29, 1.82) is 0 Å². The molecule has 0 saturated heterocycles. The monoisotopic (exact) mass is 327 g/mol. The molecule has 0 spiro atoms. The van der Waals surface area contributed by atoms with E-state index in [1.54, 1.807) is 13.0 Å². The summed E-state index contributed by atoms with van der Waals surface area (Å²) in [5.41, 5.74) is 0.693. The summed E-state index contributed by atoms with van der Waals surface area (Å²) in [4.78, 5) is 11.8. The fourth-order valence-corrected chi connectivity index (χ4v) is 2.99. The van der Waals surface area contributed by atoms with Gasteiger partial charge in [-0.15, -0.1) is 0 Å². The lowest BCUT2D eigenvalue weighted by Gasteiger charge is -2.17. The average molecular weight is 328 g/mol. The zero-order valence-corrected chi connectivity index (χ0v) is 14.5. The molecule has 1 aliphatic rings. The lowest BCUT2D eigenvalue weighted by atomic mass is 9.95. The summed E-state index contributed by atoms with van der Waals surface area (Å²) in [6, 6.07) is 4.61. The first-order valence-corrected chi connectivity index (χ1v) is 8.62. The van der Waals surface area contributed by atoms with Crippen molar-refractivity contribution in [1.82, 2.24) is 5.32 Å². The zero-order valence-electron chi connectivity index (χ0n) is 13.8. The van der Waals surface area contributed by atoms with Gasteiger partial charge in [0.25, 0.3) is 0 Å². The summed E-state index contributed by atoms with van der Waals surface area (Å²) in [6.45, 7) is 7.06. The Kier molecular flexibility index (Phi) is 8.66.